The van der Waals surface area contributed by atoms with Crippen LogP contribution in [0.2, 0.25) is 25.7 Å². The molecule has 0 atom stereocenters. The van der Waals surface area contributed by atoms with E-state index in [-0.39, 0.29) is 5.91 Å². The minimum atomic E-state index is -1.11. The molecule has 1 amide bonds. The first-order valence-electron chi connectivity index (χ1n) is 7.23. The van der Waals surface area contributed by atoms with Gasteiger partial charge in [-0.3, -0.25) is 9.69 Å². The van der Waals surface area contributed by atoms with Crippen LogP contribution in [0.3, 0.4) is 0 Å². The molecule has 118 valence electrons. The van der Waals surface area contributed by atoms with Gasteiger partial charge < -0.3 is 4.74 Å². The van der Waals surface area contributed by atoms with E-state index in [0.29, 0.717) is 19.9 Å². The van der Waals surface area contributed by atoms with Crippen LogP contribution in [0.25, 0.3) is 0 Å². The van der Waals surface area contributed by atoms with E-state index in [1.54, 1.807) is 4.90 Å². The first-order chi connectivity index (χ1) is 9.60. The molecule has 1 aromatic heterocycles. The summed E-state index contributed by atoms with van der Waals surface area (Å²) in [5.41, 5.74) is -0.458. The predicted molar refractivity (Wildman–Crippen MR) is 90.2 cm³/mol. The van der Waals surface area contributed by atoms with Gasteiger partial charge in [-0.15, -0.1) is 0 Å². The Morgan fingerprint density at radius 2 is 2.10 bits per heavy atom. The van der Waals surface area contributed by atoms with Gasteiger partial charge in [0.25, 0.3) is 0 Å². The summed E-state index contributed by atoms with van der Waals surface area (Å²) in [6.07, 6.45) is 0. The van der Waals surface area contributed by atoms with E-state index < -0.39 is 13.5 Å². The molecular weight excluding hydrogens is 350 g/mol. The zero-order valence-corrected chi connectivity index (χ0v) is 16.0. The van der Waals surface area contributed by atoms with Crippen molar-refractivity contribution in [2.45, 2.75) is 46.1 Å². The molecule has 1 aromatic rings. The van der Waals surface area contributed by atoms with Crippen LogP contribution >= 0.6 is 15.9 Å². The SMILES string of the molecule is CC1(C)Cn2nc(Br)cc2N(COCC[Si](C)(C)C)C1=O. The van der Waals surface area contributed by atoms with Crippen LogP contribution in [-0.4, -0.2) is 37.1 Å². The Bertz CT molecular complexity index is 537. The van der Waals surface area contributed by atoms with Crippen molar-refractivity contribution in [2.75, 3.05) is 18.2 Å². The Morgan fingerprint density at radius 3 is 2.71 bits per heavy atom. The Morgan fingerprint density at radius 1 is 1.43 bits per heavy atom. The van der Waals surface area contributed by atoms with Crippen molar-refractivity contribution in [3.05, 3.63) is 10.7 Å². The standard InChI is InChI=1S/C14H24BrN3O2Si/c1-14(2)9-18-12(8-11(15)16-18)17(13(14)19)10-20-6-7-21(3,4)5/h8H,6-7,9-10H2,1-5H3. The summed E-state index contributed by atoms with van der Waals surface area (Å²) in [6.45, 7) is 12.4. The van der Waals surface area contributed by atoms with Crippen LogP contribution in [-0.2, 0) is 16.1 Å². The number of carbonyl (C=O) groups excluding carboxylic acids is 1. The molecule has 0 unspecified atom stereocenters. The fourth-order valence-corrected chi connectivity index (χ4v) is 3.43. The summed E-state index contributed by atoms with van der Waals surface area (Å²) in [6, 6.07) is 2.97. The van der Waals surface area contributed by atoms with Crippen molar-refractivity contribution in [1.82, 2.24) is 9.78 Å². The third-order valence-corrected chi connectivity index (χ3v) is 5.68. The third-order valence-electron chi connectivity index (χ3n) is 3.59. The monoisotopic (exact) mass is 373 g/mol. The zero-order valence-electron chi connectivity index (χ0n) is 13.4. The molecule has 7 heteroatoms. The Hall–Kier alpha value is -0.663. The normalized spacial score (nSPS) is 18.0. The highest BCUT2D eigenvalue weighted by atomic mass is 79.9. The van der Waals surface area contributed by atoms with Crippen LogP contribution in [0.4, 0.5) is 5.82 Å². The molecule has 21 heavy (non-hydrogen) atoms. The lowest BCUT2D eigenvalue weighted by Gasteiger charge is -2.37. The van der Waals surface area contributed by atoms with Crippen molar-refractivity contribution in [1.29, 1.82) is 0 Å². The number of nitrogens with zero attached hydrogens (tertiary/aromatic N) is 3. The molecule has 1 aliphatic heterocycles. The molecule has 0 aromatic carbocycles. The van der Waals surface area contributed by atoms with E-state index in [9.17, 15) is 4.79 Å². The van der Waals surface area contributed by atoms with Crippen molar-refractivity contribution in [2.24, 2.45) is 5.41 Å². The summed E-state index contributed by atoms with van der Waals surface area (Å²) in [4.78, 5) is 14.3. The Balaban J connectivity index is 2.08. The van der Waals surface area contributed by atoms with Gasteiger partial charge in [0, 0.05) is 20.7 Å². The second-order valence-electron chi connectivity index (χ2n) is 7.45. The molecule has 0 bridgehead atoms. The maximum atomic E-state index is 12.6. The van der Waals surface area contributed by atoms with Crippen LogP contribution in [0.5, 0.6) is 0 Å². The van der Waals surface area contributed by atoms with Crippen molar-refractivity contribution < 1.29 is 9.53 Å². The number of amides is 1. The van der Waals surface area contributed by atoms with Crippen LogP contribution in [0, 0.1) is 5.41 Å². The highest BCUT2D eigenvalue weighted by Crippen LogP contribution is 2.33. The van der Waals surface area contributed by atoms with Gasteiger partial charge in [-0.1, -0.05) is 19.6 Å². The molecule has 0 N–H and O–H groups in total. The van der Waals surface area contributed by atoms with Gasteiger partial charge in [0.2, 0.25) is 5.91 Å². The number of ether oxygens (including phenoxy) is 1. The molecule has 0 aliphatic carbocycles. The molecular formula is C14H24BrN3O2Si. The van der Waals surface area contributed by atoms with Gasteiger partial charge in [0.1, 0.15) is 17.2 Å². The minimum Gasteiger partial charge on any atom is -0.361 e. The summed E-state index contributed by atoms with van der Waals surface area (Å²) in [5.74, 6) is 0.898. The molecule has 0 spiro atoms. The lowest BCUT2D eigenvalue weighted by atomic mass is 9.90. The van der Waals surface area contributed by atoms with Gasteiger partial charge in [-0.2, -0.15) is 5.10 Å². The summed E-state index contributed by atoms with van der Waals surface area (Å²) in [7, 11) is -1.11. The number of aromatic nitrogens is 2. The van der Waals surface area contributed by atoms with Gasteiger partial charge in [-0.05, 0) is 35.8 Å². The van der Waals surface area contributed by atoms with Crippen molar-refractivity contribution >= 4 is 35.7 Å². The number of carbonyl (C=O) groups is 1. The van der Waals surface area contributed by atoms with Crippen LogP contribution in [0.15, 0.2) is 10.7 Å². The molecule has 0 saturated heterocycles. The number of anilines is 1. The second kappa shape index (κ2) is 5.85. The van der Waals surface area contributed by atoms with Crippen LogP contribution in [0.1, 0.15) is 13.8 Å². The third kappa shape index (κ3) is 3.95. The predicted octanol–water partition coefficient (Wildman–Crippen LogP) is 3.33. The molecule has 5 nitrogen and oxygen atoms in total. The van der Waals surface area contributed by atoms with E-state index in [1.165, 1.54) is 0 Å². The van der Waals surface area contributed by atoms with Gasteiger partial charge in [0.15, 0.2) is 0 Å². The highest BCUT2D eigenvalue weighted by Gasteiger charge is 2.40. The lowest BCUT2D eigenvalue weighted by molar-refractivity contribution is -0.129. The smallest absolute Gasteiger partial charge is 0.237 e. The minimum absolute atomic E-state index is 0.0930. The summed E-state index contributed by atoms with van der Waals surface area (Å²) in [5, 5.41) is 4.39. The first kappa shape index (κ1) is 16.7. The van der Waals surface area contributed by atoms with E-state index in [4.69, 9.17) is 4.74 Å². The van der Waals surface area contributed by atoms with Gasteiger partial charge in [0.05, 0.1) is 12.0 Å². The Labute approximate surface area is 135 Å². The van der Waals surface area contributed by atoms with E-state index >= 15 is 0 Å². The maximum Gasteiger partial charge on any atom is 0.237 e. The quantitative estimate of drug-likeness (QED) is 0.587. The fraction of sp³-hybridized carbons (Fsp3) is 0.714. The van der Waals surface area contributed by atoms with E-state index in [1.807, 2.05) is 24.6 Å². The lowest BCUT2D eigenvalue weighted by Crippen LogP contribution is -2.49. The average Bonchev–Trinajstić information content (AvgIpc) is 2.66. The van der Waals surface area contributed by atoms with Crippen LogP contribution < -0.4 is 4.90 Å². The molecule has 0 saturated carbocycles. The summed E-state index contributed by atoms with van der Waals surface area (Å²) >= 11 is 3.38. The molecule has 1 aliphatic rings. The first-order valence-corrected chi connectivity index (χ1v) is 11.7. The molecule has 2 heterocycles. The number of hydrogen-bond acceptors (Lipinski definition) is 3. The summed E-state index contributed by atoms with van der Waals surface area (Å²) < 4.78 is 8.38. The largest absolute Gasteiger partial charge is 0.361 e. The maximum absolute atomic E-state index is 12.6. The van der Waals surface area contributed by atoms with E-state index in [0.717, 1.165) is 16.5 Å². The number of hydrogen-bond donors (Lipinski definition) is 0. The average molecular weight is 374 g/mol. The van der Waals surface area contributed by atoms with E-state index in [2.05, 4.69) is 40.7 Å². The number of halogens is 1. The van der Waals surface area contributed by atoms with Gasteiger partial charge in [-0.25, -0.2) is 4.68 Å². The second-order valence-corrected chi connectivity index (χ2v) is 13.9. The highest BCUT2D eigenvalue weighted by molar-refractivity contribution is 9.10. The zero-order chi connectivity index (χ0) is 15.8. The number of fused-ring (bicyclic) bond motifs is 1. The Kier molecular flexibility index (Phi) is 4.65. The molecule has 0 fully saturated rings. The van der Waals surface area contributed by atoms with Gasteiger partial charge >= 0.3 is 0 Å². The molecule has 2 rings (SSSR count). The van der Waals surface area contributed by atoms with Crippen molar-refractivity contribution in [3.8, 4) is 0 Å². The fourth-order valence-electron chi connectivity index (χ4n) is 2.28. The molecule has 0 radical (unpaired) electrons. The topological polar surface area (TPSA) is 47.4 Å². The number of rotatable bonds is 5. The van der Waals surface area contributed by atoms with Crippen molar-refractivity contribution in [3.63, 3.8) is 0 Å².